The van der Waals surface area contributed by atoms with Crippen LogP contribution in [0.15, 0.2) is 12.1 Å². The molecule has 0 spiro atoms. The molecule has 1 aromatic rings. The summed E-state index contributed by atoms with van der Waals surface area (Å²) in [5, 5.41) is 38.8. The molecule has 0 aliphatic carbocycles. The van der Waals surface area contributed by atoms with Crippen LogP contribution in [0.25, 0.3) is 0 Å². The van der Waals surface area contributed by atoms with E-state index in [1.54, 1.807) is 0 Å². The molecule has 0 saturated carbocycles. The fourth-order valence-corrected chi connectivity index (χ4v) is 1.07. The zero-order valence-electron chi connectivity index (χ0n) is 8.60. The van der Waals surface area contributed by atoms with E-state index in [0.29, 0.717) is 12.1 Å². The number of carboxylic acid groups (broad SMARTS) is 1. The van der Waals surface area contributed by atoms with Crippen molar-refractivity contribution in [3.05, 3.63) is 32.4 Å². The average Bonchev–Trinajstić information content (AvgIpc) is 2.26. The highest BCUT2D eigenvalue weighted by atomic mass is 16.6. The monoisotopic (exact) mass is 258 g/mol. The van der Waals surface area contributed by atoms with Crippen LogP contribution < -0.4 is 4.74 Å². The van der Waals surface area contributed by atoms with Gasteiger partial charge in [0.1, 0.15) is 0 Å². The van der Waals surface area contributed by atoms with Gasteiger partial charge in [0.2, 0.25) is 5.75 Å². The van der Waals surface area contributed by atoms with Crippen molar-refractivity contribution in [2.75, 3.05) is 6.61 Å². The van der Waals surface area contributed by atoms with Gasteiger partial charge >= 0.3 is 11.7 Å². The highest BCUT2D eigenvalue weighted by molar-refractivity contribution is 5.69. The fraction of sp³-hybridized carbons (Fsp3) is 0.125. The molecule has 18 heavy (non-hydrogen) atoms. The number of phenolic OH excluding ortho intramolecular Hbond substituents is 1. The van der Waals surface area contributed by atoms with Crippen LogP contribution >= 0.6 is 0 Å². The first-order valence-corrected chi connectivity index (χ1v) is 4.33. The molecule has 0 heterocycles. The van der Waals surface area contributed by atoms with Crippen LogP contribution in [-0.2, 0) is 4.79 Å². The molecule has 0 radical (unpaired) electrons. The van der Waals surface area contributed by atoms with E-state index in [2.05, 4.69) is 4.74 Å². The van der Waals surface area contributed by atoms with E-state index in [-0.39, 0.29) is 0 Å². The minimum absolute atomic E-state index is 0.545. The molecule has 0 aromatic heterocycles. The summed E-state index contributed by atoms with van der Waals surface area (Å²) in [6.07, 6.45) is 0. The maximum absolute atomic E-state index is 10.5. The van der Waals surface area contributed by atoms with Gasteiger partial charge < -0.3 is 14.9 Å². The molecule has 0 amide bonds. The van der Waals surface area contributed by atoms with Gasteiger partial charge in [0, 0.05) is 0 Å². The number of ether oxygens (including phenoxy) is 1. The highest BCUT2D eigenvalue weighted by Crippen LogP contribution is 2.39. The first kappa shape index (κ1) is 13.2. The number of nitro groups is 2. The summed E-state index contributed by atoms with van der Waals surface area (Å²) < 4.78 is 4.52. The third kappa shape index (κ3) is 2.81. The van der Waals surface area contributed by atoms with Gasteiger partial charge in [-0.05, 0) is 0 Å². The molecule has 0 saturated heterocycles. The Labute approximate surface area is 98.3 Å². The molecule has 0 unspecified atom stereocenters. The van der Waals surface area contributed by atoms with Crippen LogP contribution in [0.4, 0.5) is 11.4 Å². The highest BCUT2D eigenvalue weighted by Gasteiger charge is 2.25. The fourth-order valence-electron chi connectivity index (χ4n) is 1.07. The first-order chi connectivity index (χ1) is 8.32. The second-order valence-corrected chi connectivity index (χ2v) is 3.01. The number of aromatic hydroxyl groups is 1. The third-order valence-corrected chi connectivity index (χ3v) is 1.80. The van der Waals surface area contributed by atoms with Gasteiger partial charge in [-0.3, -0.25) is 20.2 Å². The van der Waals surface area contributed by atoms with Crippen molar-refractivity contribution in [2.45, 2.75) is 0 Å². The van der Waals surface area contributed by atoms with Gasteiger partial charge in [0.25, 0.3) is 5.69 Å². The Balaban J connectivity index is 3.26. The molecular formula is C8H6N2O8. The second kappa shape index (κ2) is 4.95. The number of hydrogen-bond donors (Lipinski definition) is 2. The van der Waals surface area contributed by atoms with Gasteiger partial charge in [-0.15, -0.1) is 0 Å². The SMILES string of the molecule is O=C(O)COc1cc([N+](=O)[O-])cc([N+](=O)[O-])c1O. The van der Waals surface area contributed by atoms with Crippen LogP contribution in [0.5, 0.6) is 11.5 Å². The molecule has 96 valence electrons. The van der Waals surface area contributed by atoms with Crippen LogP contribution in [0.2, 0.25) is 0 Å². The maximum atomic E-state index is 10.5. The predicted molar refractivity (Wildman–Crippen MR) is 54.5 cm³/mol. The summed E-state index contributed by atoms with van der Waals surface area (Å²) in [4.78, 5) is 29.3. The van der Waals surface area contributed by atoms with Crippen LogP contribution in [0.3, 0.4) is 0 Å². The minimum Gasteiger partial charge on any atom is -0.500 e. The van der Waals surface area contributed by atoms with Crippen molar-refractivity contribution in [3.63, 3.8) is 0 Å². The minimum atomic E-state index is -1.40. The Bertz CT molecular complexity index is 526. The molecule has 1 rings (SSSR count). The van der Waals surface area contributed by atoms with Gasteiger partial charge in [-0.1, -0.05) is 0 Å². The van der Waals surface area contributed by atoms with Crippen molar-refractivity contribution in [1.29, 1.82) is 0 Å². The Kier molecular flexibility index (Phi) is 3.62. The number of non-ortho nitro benzene ring substituents is 1. The summed E-state index contributed by atoms with van der Waals surface area (Å²) in [5.41, 5.74) is -1.63. The van der Waals surface area contributed by atoms with Gasteiger partial charge in [-0.2, -0.15) is 0 Å². The molecule has 0 aliphatic rings. The maximum Gasteiger partial charge on any atom is 0.341 e. The van der Waals surface area contributed by atoms with Gasteiger partial charge in [0.05, 0.1) is 22.0 Å². The van der Waals surface area contributed by atoms with E-state index in [0.717, 1.165) is 0 Å². The summed E-state index contributed by atoms with van der Waals surface area (Å²) >= 11 is 0. The van der Waals surface area contributed by atoms with Crippen molar-refractivity contribution in [3.8, 4) is 11.5 Å². The lowest BCUT2D eigenvalue weighted by Crippen LogP contribution is -2.10. The average molecular weight is 258 g/mol. The molecule has 10 heteroatoms. The molecule has 0 atom stereocenters. The number of benzene rings is 1. The normalized spacial score (nSPS) is 9.78. The second-order valence-electron chi connectivity index (χ2n) is 3.01. The Morgan fingerprint density at radius 3 is 2.33 bits per heavy atom. The Morgan fingerprint density at radius 2 is 1.89 bits per heavy atom. The van der Waals surface area contributed by atoms with Crippen LogP contribution in [-0.4, -0.2) is 32.6 Å². The number of aliphatic carboxylic acids is 1. The van der Waals surface area contributed by atoms with Crippen molar-refractivity contribution >= 4 is 17.3 Å². The van der Waals surface area contributed by atoms with Crippen LogP contribution in [0.1, 0.15) is 0 Å². The summed E-state index contributed by atoms with van der Waals surface area (Å²) in [5.74, 6) is -3.01. The summed E-state index contributed by atoms with van der Waals surface area (Å²) in [6.45, 7) is -0.897. The lowest BCUT2D eigenvalue weighted by Gasteiger charge is -2.05. The number of carboxylic acids is 1. The molecule has 1 aromatic carbocycles. The van der Waals surface area contributed by atoms with E-state index in [1.807, 2.05) is 0 Å². The van der Waals surface area contributed by atoms with Crippen molar-refractivity contribution in [2.24, 2.45) is 0 Å². The van der Waals surface area contributed by atoms with E-state index in [9.17, 15) is 30.1 Å². The number of phenols is 1. The number of hydrogen-bond acceptors (Lipinski definition) is 7. The van der Waals surface area contributed by atoms with E-state index < -0.39 is 45.3 Å². The molecule has 0 fully saturated rings. The third-order valence-electron chi connectivity index (χ3n) is 1.80. The Morgan fingerprint density at radius 1 is 1.28 bits per heavy atom. The van der Waals surface area contributed by atoms with Gasteiger partial charge in [0.15, 0.2) is 12.4 Å². The van der Waals surface area contributed by atoms with Crippen molar-refractivity contribution in [1.82, 2.24) is 0 Å². The zero-order valence-corrected chi connectivity index (χ0v) is 8.60. The topological polar surface area (TPSA) is 153 Å². The number of nitrogens with zero attached hydrogens (tertiary/aromatic N) is 2. The summed E-state index contributed by atoms with van der Waals surface area (Å²) in [6, 6.07) is 1.24. The smallest absolute Gasteiger partial charge is 0.341 e. The number of carbonyl (C=O) groups is 1. The van der Waals surface area contributed by atoms with Gasteiger partial charge in [-0.25, -0.2) is 4.79 Å². The van der Waals surface area contributed by atoms with Crippen molar-refractivity contribution < 1.29 is 29.6 Å². The van der Waals surface area contributed by atoms with E-state index >= 15 is 0 Å². The predicted octanol–water partition coefficient (Wildman–Crippen LogP) is 0.672. The Hall–Kier alpha value is -2.91. The molecule has 0 aliphatic heterocycles. The number of rotatable bonds is 5. The lowest BCUT2D eigenvalue weighted by atomic mass is 10.2. The van der Waals surface area contributed by atoms with Crippen LogP contribution in [0, 0.1) is 20.2 Å². The zero-order chi connectivity index (χ0) is 13.9. The lowest BCUT2D eigenvalue weighted by molar-refractivity contribution is -0.394. The molecule has 10 nitrogen and oxygen atoms in total. The van der Waals surface area contributed by atoms with E-state index in [4.69, 9.17) is 5.11 Å². The largest absolute Gasteiger partial charge is 0.500 e. The molecular weight excluding hydrogens is 252 g/mol. The van der Waals surface area contributed by atoms with E-state index in [1.165, 1.54) is 0 Å². The molecule has 2 N–H and O–H groups in total. The quantitative estimate of drug-likeness (QED) is 0.576. The summed E-state index contributed by atoms with van der Waals surface area (Å²) in [7, 11) is 0. The molecule has 0 bridgehead atoms. The first-order valence-electron chi connectivity index (χ1n) is 4.33. The number of nitro benzene ring substituents is 2. The standard InChI is InChI=1S/C8H6N2O8/c11-7(12)3-18-6-2-4(9(14)15)1-5(8(6)13)10(16)17/h1-2,13H,3H2,(H,11,12).